The van der Waals surface area contributed by atoms with Crippen molar-refractivity contribution in [1.82, 2.24) is 5.32 Å². The number of amides is 1. The molecule has 5 nitrogen and oxygen atoms in total. The van der Waals surface area contributed by atoms with Crippen LogP contribution in [0.4, 0.5) is 4.39 Å². The maximum absolute atomic E-state index is 15.1. The van der Waals surface area contributed by atoms with Crippen molar-refractivity contribution in [3.63, 3.8) is 0 Å². The second-order valence-electron chi connectivity index (χ2n) is 5.48. The van der Waals surface area contributed by atoms with Crippen molar-refractivity contribution in [1.29, 1.82) is 5.26 Å². The van der Waals surface area contributed by atoms with E-state index in [-0.39, 0.29) is 5.56 Å². The van der Waals surface area contributed by atoms with Crippen molar-refractivity contribution in [2.24, 2.45) is 0 Å². The van der Waals surface area contributed by atoms with Gasteiger partial charge in [0.1, 0.15) is 6.07 Å². The second kappa shape index (κ2) is 7.58. The Morgan fingerprint density at radius 2 is 1.76 bits per heavy atom. The number of nitrogens with one attached hydrogen (secondary N) is 1. The lowest BCUT2D eigenvalue weighted by Crippen LogP contribution is -2.44. The monoisotopic (exact) mass is 340 g/mol. The number of carbonyl (C=O) groups is 2. The van der Waals surface area contributed by atoms with E-state index in [0.717, 1.165) is 12.7 Å². The number of alkyl halides is 1. The number of hydrogen-bond donors (Lipinski definition) is 1. The molecule has 0 saturated heterocycles. The number of nitrogens with zero attached hydrogens (tertiary/aromatic N) is 1. The van der Waals surface area contributed by atoms with Gasteiger partial charge in [-0.2, -0.15) is 5.26 Å². The molecule has 0 aliphatic carbocycles. The molecule has 2 rings (SSSR count). The summed E-state index contributed by atoms with van der Waals surface area (Å²) < 4.78 is 19.8. The summed E-state index contributed by atoms with van der Waals surface area (Å²) in [6.07, 6.45) is 0. The summed E-state index contributed by atoms with van der Waals surface area (Å²) >= 11 is 0. The molecule has 25 heavy (non-hydrogen) atoms. The second-order valence-corrected chi connectivity index (χ2v) is 5.48. The van der Waals surface area contributed by atoms with Crippen LogP contribution in [-0.4, -0.2) is 19.0 Å². The van der Waals surface area contributed by atoms with Crippen LogP contribution < -0.4 is 5.32 Å². The number of nitriles is 1. The third-order valence-corrected chi connectivity index (χ3v) is 3.76. The molecule has 2 atom stereocenters. The van der Waals surface area contributed by atoms with Crippen LogP contribution in [0.3, 0.4) is 0 Å². The third kappa shape index (κ3) is 3.83. The molecule has 0 aromatic heterocycles. The van der Waals surface area contributed by atoms with Gasteiger partial charge in [-0.25, -0.2) is 9.18 Å². The maximum atomic E-state index is 15.1. The van der Waals surface area contributed by atoms with Crippen LogP contribution in [0.1, 0.15) is 22.7 Å². The predicted octanol–water partition coefficient (Wildman–Crippen LogP) is 2.71. The van der Waals surface area contributed by atoms with Gasteiger partial charge < -0.3 is 10.1 Å². The molecule has 0 radical (unpaired) electrons. The highest BCUT2D eigenvalue weighted by molar-refractivity contribution is 5.93. The van der Waals surface area contributed by atoms with Crippen molar-refractivity contribution in [3.05, 3.63) is 71.3 Å². The van der Waals surface area contributed by atoms with Gasteiger partial charge in [0.25, 0.3) is 11.6 Å². The lowest BCUT2D eigenvalue weighted by molar-refractivity contribution is -0.146. The number of aryl methyl sites for hydroxylation is 1. The number of benzene rings is 2. The average molecular weight is 340 g/mol. The number of ether oxygens (including phenoxy) is 1. The zero-order valence-electron chi connectivity index (χ0n) is 13.8. The fourth-order valence-corrected chi connectivity index (χ4v) is 2.30. The maximum Gasteiger partial charge on any atom is 0.333 e. The molecule has 0 aliphatic rings. The van der Waals surface area contributed by atoms with Crippen molar-refractivity contribution in [2.75, 3.05) is 7.11 Å². The van der Waals surface area contributed by atoms with E-state index >= 15 is 4.39 Å². The summed E-state index contributed by atoms with van der Waals surface area (Å²) in [5.74, 6) is -1.98. The minimum absolute atomic E-state index is 0.102. The van der Waals surface area contributed by atoms with E-state index in [9.17, 15) is 14.9 Å². The van der Waals surface area contributed by atoms with Gasteiger partial charge in [0, 0.05) is 5.56 Å². The smallest absolute Gasteiger partial charge is 0.333 e. The zero-order chi connectivity index (χ0) is 18.4. The highest BCUT2D eigenvalue weighted by Crippen LogP contribution is 2.27. The lowest BCUT2D eigenvalue weighted by atomic mass is 9.94. The minimum atomic E-state index is -2.92. The Morgan fingerprint density at radius 3 is 2.28 bits per heavy atom. The summed E-state index contributed by atoms with van der Waals surface area (Å²) in [6.45, 7) is 1.80. The van der Waals surface area contributed by atoms with E-state index in [0.29, 0.717) is 5.56 Å². The standard InChI is InChI=1S/C19H17FN2O3/c1-13-8-10-15(11-9-13)19(20,12-21)18(24)22-16(17(23)25-2)14-6-4-3-5-7-14/h3-11,16H,1-2H3,(H,22,24). The molecule has 0 fully saturated rings. The molecule has 0 heterocycles. The first-order chi connectivity index (χ1) is 11.9. The van der Waals surface area contributed by atoms with E-state index in [1.807, 2.05) is 0 Å². The van der Waals surface area contributed by atoms with E-state index < -0.39 is 23.6 Å². The summed E-state index contributed by atoms with van der Waals surface area (Å²) in [7, 11) is 1.16. The summed E-state index contributed by atoms with van der Waals surface area (Å²) in [6, 6.07) is 14.4. The first-order valence-corrected chi connectivity index (χ1v) is 7.53. The Kier molecular flexibility index (Phi) is 5.50. The van der Waals surface area contributed by atoms with Crippen LogP contribution in [0, 0.1) is 18.3 Å². The summed E-state index contributed by atoms with van der Waals surface area (Å²) in [5.41, 5.74) is -1.74. The number of esters is 1. The van der Waals surface area contributed by atoms with Crippen LogP contribution in [0.15, 0.2) is 54.6 Å². The average Bonchev–Trinajstić information content (AvgIpc) is 2.65. The van der Waals surface area contributed by atoms with Gasteiger partial charge in [0.05, 0.1) is 7.11 Å². The molecule has 0 saturated carbocycles. The Hall–Kier alpha value is -3.20. The zero-order valence-corrected chi connectivity index (χ0v) is 13.8. The van der Waals surface area contributed by atoms with Gasteiger partial charge in [-0.1, -0.05) is 60.2 Å². The highest BCUT2D eigenvalue weighted by Gasteiger charge is 2.43. The molecular formula is C19H17FN2O3. The van der Waals surface area contributed by atoms with Crippen molar-refractivity contribution in [3.8, 4) is 6.07 Å². The Morgan fingerprint density at radius 1 is 1.16 bits per heavy atom. The van der Waals surface area contributed by atoms with E-state index in [4.69, 9.17) is 0 Å². The van der Waals surface area contributed by atoms with Gasteiger partial charge in [-0.15, -0.1) is 0 Å². The fourth-order valence-electron chi connectivity index (χ4n) is 2.30. The van der Waals surface area contributed by atoms with Gasteiger partial charge in [0.2, 0.25) is 0 Å². The number of methoxy groups -OCH3 is 1. The molecule has 2 aromatic rings. The van der Waals surface area contributed by atoms with Crippen LogP contribution in [0.2, 0.25) is 0 Å². The van der Waals surface area contributed by atoms with Crippen molar-refractivity contribution >= 4 is 11.9 Å². The number of rotatable bonds is 5. The Labute approximate surface area is 145 Å². The molecular weight excluding hydrogens is 323 g/mol. The normalized spacial score (nSPS) is 13.8. The number of carbonyl (C=O) groups excluding carboxylic acids is 2. The predicted molar refractivity (Wildman–Crippen MR) is 88.9 cm³/mol. The van der Waals surface area contributed by atoms with Crippen LogP contribution in [0.25, 0.3) is 0 Å². The minimum Gasteiger partial charge on any atom is -0.467 e. The molecule has 0 spiro atoms. The Bertz CT molecular complexity index is 800. The quantitative estimate of drug-likeness (QED) is 0.849. The van der Waals surface area contributed by atoms with Gasteiger partial charge in [0.15, 0.2) is 6.04 Å². The first-order valence-electron chi connectivity index (χ1n) is 7.53. The molecule has 0 bridgehead atoms. The van der Waals surface area contributed by atoms with Crippen LogP contribution in [-0.2, 0) is 20.0 Å². The van der Waals surface area contributed by atoms with Crippen LogP contribution >= 0.6 is 0 Å². The van der Waals surface area contributed by atoms with E-state index in [1.54, 1.807) is 49.4 Å². The van der Waals surface area contributed by atoms with E-state index in [1.165, 1.54) is 18.2 Å². The molecule has 6 heteroatoms. The molecule has 0 aliphatic heterocycles. The molecule has 2 aromatic carbocycles. The van der Waals surface area contributed by atoms with E-state index in [2.05, 4.69) is 10.1 Å². The lowest BCUT2D eigenvalue weighted by Gasteiger charge is -2.22. The topological polar surface area (TPSA) is 79.2 Å². The van der Waals surface area contributed by atoms with Gasteiger partial charge >= 0.3 is 5.97 Å². The molecule has 128 valence electrons. The first kappa shape index (κ1) is 18.1. The summed E-state index contributed by atoms with van der Waals surface area (Å²) in [4.78, 5) is 24.5. The van der Waals surface area contributed by atoms with Crippen molar-refractivity contribution in [2.45, 2.75) is 18.6 Å². The largest absolute Gasteiger partial charge is 0.467 e. The fraction of sp³-hybridized carbons (Fsp3) is 0.211. The van der Waals surface area contributed by atoms with Crippen molar-refractivity contribution < 1.29 is 18.7 Å². The number of halogens is 1. The van der Waals surface area contributed by atoms with Gasteiger partial charge in [-0.3, -0.25) is 4.79 Å². The third-order valence-electron chi connectivity index (χ3n) is 3.76. The summed E-state index contributed by atoms with van der Waals surface area (Å²) in [5, 5.41) is 11.5. The number of hydrogen-bond acceptors (Lipinski definition) is 4. The molecule has 2 unspecified atom stereocenters. The molecule has 1 amide bonds. The highest BCUT2D eigenvalue weighted by atomic mass is 19.1. The van der Waals surface area contributed by atoms with Crippen LogP contribution in [0.5, 0.6) is 0 Å². The molecule has 1 N–H and O–H groups in total. The SMILES string of the molecule is COC(=O)C(NC(=O)C(F)(C#N)c1ccc(C)cc1)c1ccccc1. The van der Waals surface area contributed by atoms with Gasteiger partial charge in [-0.05, 0) is 12.5 Å². The Balaban J connectivity index is 2.34.